The number of benzene rings is 1. The summed E-state index contributed by atoms with van der Waals surface area (Å²) in [5.74, 6) is 2.18. The van der Waals surface area contributed by atoms with Crippen LogP contribution in [0.2, 0.25) is 0 Å². The second-order valence-corrected chi connectivity index (χ2v) is 4.45. The van der Waals surface area contributed by atoms with Gasteiger partial charge in [0.2, 0.25) is 11.8 Å². The lowest BCUT2D eigenvalue weighted by Crippen LogP contribution is -2.01. The molecule has 2 N–H and O–H groups in total. The molecule has 1 aromatic heterocycles. The molecule has 90 valence electrons. The van der Waals surface area contributed by atoms with Crippen LogP contribution in [0, 0.1) is 5.82 Å². The molecule has 0 saturated heterocycles. The lowest BCUT2D eigenvalue weighted by atomic mass is 10.2. The predicted molar refractivity (Wildman–Crippen MR) is 64.9 cm³/mol. The maximum absolute atomic E-state index is 12.7. The van der Waals surface area contributed by atoms with Crippen LogP contribution < -0.4 is 5.73 Å². The Bertz CT molecular complexity index is 472. The van der Waals surface area contributed by atoms with Crippen LogP contribution >= 0.6 is 11.8 Å². The molecular weight excluding hydrogens is 241 g/mol. The minimum Gasteiger partial charge on any atom is -0.420 e. The van der Waals surface area contributed by atoms with Gasteiger partial charge in [-0.3, -0.25) is 0 Å². The number of thioether (sulfide) groups is 1. The van der Waals surface area contributed by atoms with Crippen LogP contribution in [0.25, 0.3) is 11.5 Å². The Morgan fingerprint density at radius 2 is 2.00 bits per heavy atom. The van der Waals surface area contributed by atoms with Gasteiger partial charge in [0, 0.05) is 17.9 Å². The SMILES string of the molecule is NCCSCc1nnc(-c2ccc(F)cc2)o1. The van der Waals surface area contributed by atoms with Gasteiger partial charge in [-0.1, -0.05) is 0 Å². The average molecular weight is 253 g/mol. The molecule has 1 aromatic carbocycles. The van der Waals surface area contributed by atoms with Crippen molar-refractivity contribution in [3.8, 4) is 11.5 Å². The van der Waals surface area contributed by atoms with Crippen molar-refractivity contribution in [2.75, 3.05) is 12.3 Å². The quantitative estimate of drug-likeness (QED) is 0.826. The van der Waals surface area contributed by atoms with Crippen LogP contribution in [0.1, 0.15) is 5.89 Å². The monoisotopic (exact) mass is 253 g/mol. The van der Waals surface area contributed by atoms with Crippen LogP contribution in [0.3, 0.4) is 0 Å². The molecule has 2 rings (SSSR count). The largest absolute Gasteiger partial charge is 0.420 e. The molecule has 0 radical (unpaired) electrons. The van der Waals surface area contributed by atoms with Crippen LogP contribution in [0.4, 0.5) is 4.39 Å². The van der Waals surface area contributed by atoms with Gasteiger partial charge in [-0.05, 0) is 24.3 Å². The fraction of sp³-hybridized carbons (Fsp3) is 0.273. The van der Waals surface area contributed by atoms with E-state index in [-0.39, 0.29) is 5.82 Å². The van der Waals surface area contributed by atoms with E-state index in [4.69, 9.17) is 10.2 Å². The first-order valence-electron chi connectivity index (χ1n) is 5.15. The molecule has 0 aliphatic carbocycles. The number of rotatable bonds is 5. The van der Waals surface area contributed by atoms with Crippen LogP contribution in [-0.4, -0.2) is 22.5 Å². The van der Waals surface area contributed by atoms with Crippen molar-refractivity contribution in [3.63, 3.8) is 0 Å². The van der Waals surface area contributed by atoms with E-state index in [9.17, 15) is 4.39 Å². The molecule has 0 unspecified atom stereocenters. The van der Waals surface area contributed by atoms with E-state index in [1.165, 1.54) is 12.1 Å². The Hall–Kier alpha value is -1.40. The van der Waals surface area contributed by atoms with Crippen molar-refractivity contribution < 1.29 is 8.81 Å². The van der Waals surface area contributed by atoms with Crippen molar-refractivity contribution in [2.45, 2.75) is 5.75 Å². The first kappa shape index (κ1) is 12.1. The minimum atomic E-state index is -0.285. The first-order valence-corrected chi connectivity index (χ1v) is 6.31. The standard InChI is InChI=1S/C11H12FN3OS/c12-9-3-1-8(2-4-9)11-15-14-10(16-11)7-17-6-5-13/h1-4H,5-7,13H2. The highest BCUT2D eigenvalue weighted by molar-refractivity contribution is 7.98. The molecule has 0 fully saturated rings. The van der Waals surface area contributed by atoms with Crippen LogP contribution in [-0.2, 0) is 5.75 Å². The summed E-state index contributed by atoms with van der Waals surface area (Å²) < 4.78 is 18.2. The maximum Gasteiger partial charge on any atom is 0.247 e. The average Bonchev–Trinajstić information content (AvgIpc) is 2.79. The molecule has 0 aliphatic heterocycles. The fourth-order valence-corrected chi connectivity index (χ4v) is 1.87. The second-order valence-electron chi connectivity index (χ2n) is 3.35. The highest BCUT2D eigenvalue weighted by atomic mass is 32.2. The molecule has 6 heteroatoms. The number of nitrogens with two attached hydrogens (primary N) is 1. The van der Waals surface area contributed by atoms with Crippen molar-refractivity contribution in [2.24, 2.45) is 5.73 Å². The summed E-state index contributed by atoms with van der Waals surface area (Å²) in [6.45, 7) is 0.629. The van der Waals surface area contributed by atoms with Crippen molar-refractivity contribution >= 4 is 11.8 Å². The van der Waals surface area contributed by atoms with Gasteiger partial charge in [0.25, 0.3) is 0 Å². The van der Waals surface area contributed by atoms with Gasteiger partial charge in [-0.25, -0.2) is 4.39 Å². The van der Waals surface area contributed by atoms with E-state index in [1.54, 1.807) is 23.9 Å². The first-order chi connectivity index (χ1) is 8.29. The van der Waals surface area contributed by atoms with Gasteiger partial charge < -0.3 is 10.2 Å². The van der Waals surface area contributed by atoms with Gasteiger partial charge in [0.05, 0.1) is 5.75 Å². The third-order valence-electron chi connectivity index (χ3n) is 2.05. The molecule has 0 amide bonds. The molecule has 2 aromatic rings. The molecule has 0 aliphatic rings. The zero-order valence-corrected chi connectivity index (χ0v) is 9.91. The summed E-state index contributed by atoms with van der Waals surface area (Å²) in [7, 11) is 0. The molecule has 4 nitrogen and oxygen atoms in total. The lowest BCUT2D eigenvalue weighted by molar-refractivity contribution is 0.528. The predicted octanol–water partition coefficient (Wildman–Crippen LogP) is 2.07. The van der Waals surface area contributed by atoms with E-state index in [0.717, 1.165) is 5.75 Å². The Morgan fingerprint density at radius 3 is 2.71 bits per heavy atom. The zero-order chi connectivity index (χ0) is 12.1. The Labute approximate surface area is 102 Å². The van der Waals surface area contributed by atoms with Crippen molar-refractivity contribution in [1.82, 2.24) is 10.2 Å². The molecular formula is C11H12FN3OS. The molecule has 0 atom stereocenters. The Balaban J connectivity index is 2.04. The Morgan fingerprint density at radius 1 is 1.24 bits per heavy atom. The van der Waals surface area contributed by atoms with Crippen molar-refractivity contribution in [3.05, 3.63) is 36.0 Å². The second kappa shape index (κ2) is 5.79. The van der Waals surface area contributed by atoms with Gasteiger partial charge in [0.1, 0.15) is 5.82 Å². The third-order valence-corrected chi connectivity index (χ3v) is 3.02. The third kappa shape index (κ3) is 3.28. The van der Waals surface area contributed by atoms with Gasteiger partial charge in [-0.2, -0.15) is 11.8 Å². The van der Waals surface area contributed by atoms with Crippen LogP contribution in [0.15, 0.2) is 28.7 Å². The summed E-state index contributed by atoms with van der Waals surface area (Å²) in [6, 6.07) is 5.95. The molecule has 17 heavy (non-hydrogen) atoms. The number of hydrogen-bond donors (Lipinski definition) is 1. The highest BCUT2D eigenvalue weighted by Crippen LogP contribution is 2.19. The molecule has 1 heterocycles. The molecule has 0 bridgehead atoms. The lowest BCUT2D eigenvalue weighted by Gasteiger charge is -1.94. The topological polar surface area (TPSA) is 64.9 Å². The maximum atomic E-state index is 12.7. The smallest absolute Gasteiger partial charge is 0.247 e. The summed E-state index contributed by atoms with van der Waals surface area (Å²) >= 11 is 1.64. The summed E-state index contributed by atoms with van der Waals surface area (Å²) in [5, 5.41) is 7.83. The van der Waals surface area contributed by atoms with Gasteiger partial charge >= 0.3 is 0 Å². The number of aromatic nitrogens is 2. The van der Waals surface area contributed by atoms with Crippen molar-refractivity contribution in [1.29, 1.82) is 0 Å². The van der Waals surface area contributed by atoms with E-state index in [0.29, 0.717) is 29.6 Å². The summed E-state index contributed by atoms with van der Waals surface area (Å²) in [5.41, 5.74) is 6.10. The fourth-order valence-electron chi connectivity index (χ4n) is 1.26. The number of halogens is 1. The van der Waals surface area contributed by atoms with E-state index in [2.05, 4.69) is 10.2 Å². The Kier molecular flexibility index (Phi) is 4.11. The minimum absolute atomic E-state index is 0.285. The number of nitrogens with zero attached hydrogens (tertiary/aromatic N) is 2. The highest BCUT2D eigenvalue weighted by Gasteiger charge is 2.08. The molecule has 0 spiro atoms. The summed E-state index contributed by atoms with van der Waals surface area (Å²) in [4.78, 5) is 0. The molecule has 0 saturated carbocycles. The van der Waals surface area contributed by atoms with E-state index in [1.807, 2.05) is 0 Å². The summed E-state index contributed by atoms with van der Waals surface area (Å²) in [6.07, 6.45) is 0. The van der Waals surface area contributed by atoms with E-state index < -0.39 is 0 Å². The van der Waals surface area contributed by atoms with E-state index >= 15 is 0 Å². The number of hydrogen-bond acceptors (Lipinski definition) is 5. The van der Waals surface area contributed by atoms with Gasteiger partial charge in [-0.15, -0.1) is 10.2 Å². The van der Waals surface area contributed by atoms with Gasteiger partial charge in [0.15, 0.2) is 0 Å². The van der Waals surface area contributed by atoms with Crippen LogP contribution in [0.5, 0.6) is 0 Å². The normalized spacial score (nSPS) is 10.7. The zero-order valence-electron chi connectivity index (χ0n) is 9.10.